The molecule has 164 valence electrons. The molecule has 0 radical (unpaired) electrons. The van der Waals surface area contributed by atoms with Crippen molar-refractivity contribution in [2.45, 2.75) is 82.9 Å². The van der Waals surface area contributed by atoms with Gasteiger partial charge >= 0.3 is 0 Å². The average molecular weight is 460 g/mol. The van der Waals surface area contributed by atoms with Gasteiger partial charge in [0.15, 0.2) is 0 Å². The minimum Gasteiger partial charge on any atom is -0.496 e. The Balaban J connectivity index is 3.44. The second kappa shape index (κ2) is 17.1. The van der Waals surface area contributed by atoms with Crippen LogP contribution < -0.4 is 0 Å². The van der Waals surface area contributed by atoms with E-state index in [0.29, 0.717) is 25.6 Å². The maximum absolute atomic E-state index is 5.70. The van der Waals surface area contributed by atoms with Crippen molar-refractivity contribution in [1.82, 2.24) is 0 Å². The summed E-state index contributed by atoms with van der Waals surface area (Å²) in [6.07, 6.45) is 13.6. The van der Waals surface area contributed by atoms with E-state index >= 15 is 0 Å². The maximum atomic E-state index is 5.70. The van der Waals surface area contributed by atoms with Crippen molar-refractivity contribution in [2.75, 3.05) is 26.4 Å². The molecule has 0 saturated heterocycles. The van der Waals surface area contributed by atoms with Crippen molar-refractivity contribution < 1.29 is 14.2 Å². The van der Waals surface area contributed by atoms with Gasteiger partial charge in [-0.2, -0.15) is 0 Å². The van der Waals surface area contributed by atoms with Crippen LogP contribution in [0.4, 0.5) is 0 Å². The Morgan fingerprint density at radius 2 is 1.46 bits per heavy atom. The number of unbranched alkanes of at least 4 members (excludes halogenated alkanes) is 8. The highest BCUT2D eigenvalue weighted by Crippen LogP contribution is 2.26. The molecule has 4 heteroatoms. The summed E-state index contributed by atoms with van der Waals surface area (Å²) in [6.45, 7) is 20.2. The van der Waals surface area contributed by atoms with Gasteiger partial charge in [0.05, 0.1) is 23.3 Å². The zero-order chi connectivity index (χ0) is 21.3. The van der Waals surface area contributed by atoms with Crippen molar-refractivity contribution in [3.63, 3.8) is 0 Å². The molecule has 0 aromatic heterocycles. The first-order valence-corrected chi connectivity index (χ1v) is 11.6. The van der Waals surface area contributed by atoms with E-state index in [-0.39, 0.29) is 10.2 Å². The van der Waals surface area contributed by atoms with Crippen LogP contribution in [0.15, 0.2) is 37.3 Å². The number of rotatable bonds is 20. The second-order valence-corrected chi connectivity index (χ2v) is 9.92. The zero-order valence-corrected chi connectivity index (χ0v) is 20.2. The van der Waals surface area contributed by atoms with E-state index in [1.165, 1.54) is 44.9 Å². The summed E-state index contributed by atoms with van der Waals surface area (Å²) in [5.74, 6) is 1.56. The molecular formula is C24H43BrO3. The minimum atomic E-state index is -0.228. The lowest BCUT2D eigenvalue weighted by atomic mass is 10.1. The quantitative estimate of drug-likeness (QED) is 0.0813. The number of hydrogen-bond acceptors (Lipinski definition) is 3. The lowest BCUT2D eigenvalue weighted by Gasteiger charge is -2.23. The third-order valence-corrected chi connectivity index (χ3v) is 5.12. The van der Waals surface area contributed by atoms with Gasteiger partial charge in [-0.15, -0.1) is 6.58 Å². The molecule has 0 saturated carbocycles. The molecule has 1 atom stereocenters. The van der Waals surface area contributed by atoms with Crippen molar-refractivity contribution in [1.29, 1.82) is 0 Å². The Bertz CT molecular complexity index is 426. The summed E-state index contributed by atoms with van der Waals surface area (Å²) in [4.78, 5) is 0. The third-order valence-electron chi connectivity index (χ3n) is 4.68. The SMILES string of the molecule is C=CCCCCCCCCCCOCCOC(=C)C(C)COC(=C)C(C)(C)Br. The van der Waals surface area contributed by atoms with Gasteiger partial charge in [0.2, 0.25) is 0 Å². The van der Waals surface area contributed by atoms with Crippen LogP contribution in [-0.4, -0.2) is 30.8 Å². The van der Waals surface area contributed by atoms with Crippen LogP contribution in [0.25, 0.3) is 0 Å². The molecule has 0 aromatic carbocycles. The van der Waals surface area contributed by atoms with E-state index < -0.39 is 0 Å². The van der Waals surface area contributed by atoms with Crippen LogP contribution in [0.3, 0.4) is 0 Å². The Morgan fingerprint density at radius 3 is 2.04 bits per heavy atom. The number of halogens is 1. The summed E-state index contributed by atoms with van der Waals surface area (Å²) in [5.41, 5.74) is 0. The van der Waals surface area contributed by atoms with Gasteiger partial charge in [-0.25, -0.2) is 0 Å². The van der Waals surface area contributed by atoms with Gasteiger partial charge in [-0.1, -0.05) is 80.6 Å². The summed E-state index contributed by atoms with van der Waals surface area (Å²) >= 11 is 3.53. The predicted octanol–water partition coefficient (Wildman–Crippen LogP) is 7.57. The molecule has 0 aliphatic carbocycles. The second-order valence-electron chi connectivity index (χ2n) is 7.94. The molecule has 0 fully saturated rings. The van der Waals surface area contributed by atoms with E-state index in [1.807, 2.05) is 26.8 Å². The smallest absolute Gasteiger partial charge is 0.111 e. The topological polar surface area (TPSA) is 27.7 Å². The van der Waals surface area contributed by atoms with E-state index in [2.05, 4.69) is 35.7 Å². The summed E-state index contributed by atoms with van der Waals surface area (Å²) in [6, 6.07) is 0. The summed E-state index contributed by atoms with van der Waals surface area (Å²) in [5, 5.41) is 0. The largest absolute Gasteiger partial charge is 0.496 e. The van der Waals surface area contributed by atoms with Gasteiger partial charge in [0.25, 0.3) is 0 Å². The lowest BCUT2D eigenvalue weighted by molar-refractivity contribution is 0.0581. The van der Waals surface area contributed by atoms with Gasteiger partial charge in [0.1, 0.15) is 12.4 Å². The van der Waals surface area contributed by atoms with Crippen LogP contribution in [0, 0.1) is 5.92 Å². The standard InChI is InChI=1S/C24H43BrO3/c1-7-8-9-10-11-12-13-14-15-16-17-26-18-19-27-22(3)21(2)20-28-23(4)24(5,6)25/h7,21H,1,3-4,8-20H2,2,5-6H3. The van der Waals surface area contributed by atoms with Gasteiger partial charge in [0, 0.05) is 12.5 Å². The summed E-state index contributed by atoms with van der Waals surface area (Å²) in [7, 11) is 0. The highest BCUT2D eigenvalue weighted by Gasteiger charge is 2.20. The first-order chi connectivity index (χ1) is 13.3. The van der Waals surface area contributed by atoms with Crippen molar-refractivity contribution in [2.24, 2.45) is 5.92 Å². The number of ether oxygens (including phenoxy) is 3. The van der Waals surface area contributed by atoms with Crippen LogP contribution in [0.2, 0.25) is 0 Å². The highest BCUT2D eigenvalue weighted by atomic mass is 79.9. The van der Waals surface area contributed by atoms with Crippen molar-refractivity contribution in [3.8, 4) is 0 Å². The molecule has 0 amide bonds. The van der Waals surface area contributed by atoms with Crippen molar-refractivity contribution >= 4 is 15.9 Å². The van der Waals surface area contributed by atoms with Crippen LogP contribution >= 0.6 is 15.9 Å². The van der Waals surface area contributed by atoms with Crippen molar-refractivity contribution in [3.05, 3.63) is 37.3 Å². The molecule has 3 nitrogen and oxygen atoms in total. The van der Waals surface area contributed by atoms with Crippen LogP contribution in [-0.2, 0) is 14.2 Å². The Morgan fingerprint density at radius 1 is 0.893 bits per heavy atom. The van der Waals surface area contributed by atoms with Gasteiger partial charge in [-0.3, -0.25) is 0 Å². The molecule has 0 rings (SSSR count). The number of hydrogen-bond donors (Lipinski definition) is 0. The fourth-order valence-corrected chi connectivity index (χ4v) is 2.63. The Hall–Kier alpha value is -0.740. The van der Waals surface area contributed by atoms with E-state index in [0.717, 1.165) is 25.2 Å². The molecule has 0 bridgehead atoms. The van der Waals surface area contributed by atoms with Gasteiger partial charge in [-0.05, 0) is 33.1 Å². The number of allylic oxidation sites excluding steroid dienone is 2. The third kappa shape index (κ3) is 16.2. The molecule has 1 unspecified atom stereocenters. The maximum Gasteiger partial charge on any atom is 0.111 e. The molecule has 0 aromatic rings. The molecular weight excluding hydrogens is 416 g/mol. The minimum absolute atomic E-state index is 0.114. The van der Waals surface area contributed by atoms with E-state index in [1.54, 1.807) is 0 Å². The monoisotopic (exact) mass is 458 g/mol. The fourth-order valence-electron chi connectivity index (χ4n) is 2.52. The zero-order valence-electron chi connectivity index (χ0n) is 18.6. The van der Waals surface area contributed by atoms with E-state index in [4.69, 9.17) is 14.2 Å². The molecule has 0 spiro atoms. The van der Waals surface area contributed by atoms with Crippen LogP contribution in [0.5, 0.6) is 0 Å². The average Bonchev–Trinajstić information content (AvgIpc) is 2.65. The normalized spacial score (nSPS) is 12.4. The molecule has 0 heterocycles. The first kappa shape index (κ1) is 27.3. The summed E-state index contributed by atoms with van der Waals surface area (Å²) < 4.78 is 16.8. The Kier molecular flexibility index (Phi) is 16.7. The molecule has 28 heavy (non-hydrogen) atoms. The molecule has 0 aliphatic heterocycles. The molecule has 0 N–H and O–H groups in total. The Labute approximate surface area is 182 Å². The van der Waals surface area contributed by atoms with E-state index in [9.17, 15) is 0 Å². The number of alkyl halides is 1. The lowest BCUT2D eigenvalue weighted by Crippen LogP contribution is -2.19. The predicted molar refractivity (Wildman–Crippen MR) is 125 cm³/mol. The van der Waals surface area contributed by atoms with Gasteiger partial charge < -0.3 is 14.2 Å². The molecule has 0 aliphatic rings. The first-order valence-electron chi connectivity index (χ1n) is 10.8. The van der Waals surface area contributed by atoms with Crippen LogP contribution in [0.1, 0.15) is 78.6 Å². The highest BCUT2D eigenvalue weighted by molar-refractivity contribution is 9.10. The fraction of sp³-hybridized carbons (Fsp3) is 0.750.